The predicted molar refractivity (Wildman–Crippen MR) is 90.1 cm³/mol. The Morgan fingerprint density at radius 2 is 1.84 bits per heavy atom. The number of hydrogen-bond donors (Lipinski definition) is 2. The fraction of sp³-hybridized carbons (Fsp3) is 0.625. The third-order valence-electron chi connectivity index (χ3n) is 3.88. The van der Waals surface area contributed by atoms with Gasteiger partial charge in [0.1, 0.15) is 11.4 Å². The number of rotatable bonds is 3. The molecule has 2 N–H and O–H groups in total. The molecule has 0 aliphatic carbocycles. The largest absolute Gasteiger partial charge is 0.476 e. The second-order valence-corrected chi connectivity index (χ2v) is 9.24. The molecule has 0 aromatic heterocycles. The summed E-state index contributed by atoms with van der Waals surface area (Å²) in [5, 5.41) is 11.7. The summed E-state index contributed by atoms with van der Waals surface area (Å²) in [5.41, 5.74) is -1.03. The summed E-state index contributed by atoms with van der Waals surface area (Å²) in [4.78, 5) is 48.8. The van der Waals surface area contributed by atoms with Crippen molar-refractivity contribution >= 4 is 35.5 Å². The molecular formula is C16H22N2O6S. The van der Waals surface area contributed by atoms with Crippen LogP contribution in [-0.2, 0) is 23.9 Å². The van der Waals surface area contributed by atoms with Crippen LogP contribution in [0.2, 0.25) is 0 Å². The molecule has 2 amide bonds. The van der Waals surface area contributed by atoms with Gasteiger partial charge in [-0.15, -0.1) is 11.8 Å². The number of fused-ring (bicyclic) bond motifs is 1. The number of carboxylic acids is 1. The molecule has 2 heterocycles. The molecule has 138 valence electrons. The van der Waals surface area contributed by atoms with Crippen LogP contribution in [0.4, 0.5) is 0 Å². The van der Waals surface area contributed by atoms with Crippen LogP contribution in [0.15, 0.2) is 11.5 Å². The molecular weight excluding hydrogens is 348 g/mol. The zero-order valence-corrected chi connectivity index (χ0v) is 15.8. The Hall–Kier alpha value is -2.03. The molecule has 0 spiro atoms. The molecule has 0 saturated carbocycles. The van der Waals surface area contributed by atoms with E-state index in [9.17, 15) is 24.3 Å². The Morgan fingerprint density at radius 3 is 2.28 bits per heavy atom. The third-order valence-corrected chi connectivity index (χ3v) is 5.38. The van der Waals surface area contributed by atoms with Gasteiger partial charge in [-0.05, 0) is 13.8 Å². The number of thioether (sulfide) groups is 1. The number of amides is 2. The summed E-state index contributed by atoms with van der Waals surface area (Å²) in [6, 6.07) is -0.816. The Bertz CT molecular complexity index is 691. The fourth-order valence-corrected chi connectivity index (χ4v) is 4.06. The van der Waals surface area contributed by atoms with Crippen molar-refractivity contribution in [2.24, 2.45) is 5.41 Å². The Labute approximate surface area is 149 Å². The van der Waals surface area contributed by atoms with Crippen LogP contribution in [0.3, 0.4) is 0 Å². The lowest BCUT2D eigenvalue weighted by atomic mass is 9.93. The van der Waals surface area contributed by atoms with Crippen molar-refractivity contribution < 1.29 is 29.0 Å². The quantitative estimate of drug-likeness (QED) is 0.564. The first-order chi connectivity index (χ1) is 11.3. The molecule has 2 aliphatic rings. The molecule has 1 fully saturated rings. The van der Waals surface area contributed by atoms with Gasteiger partial charge in [0, 0.05) is 12.3 Å². The average Bonchev–Trinajstić information content (AvgIpc) is 2.44. The van der Waals surface area contributed by atoms with E-state index in [4.69, 9.17) is 4.74 Å². The smallest absolute Gasteiger partial charge is 0.356 e. The molecule has 2 aliphatic heterocycles. The molecule has 2 rings (SSSR count). The normalized spacial score (nSPS) is 25.0. The van der Waals surface area contributed by atoms with Crippen LogP contribution in [0.5, 0.6) is 0 Å². The molecule has 1 unspecified atom stereocenters. The lowest BCUT2D eigenvalue weighted by Crippen LogP contribution is -2.72. The molecule has 2 atom stereocenters. The van der Waals surface area contributed by atoms with Crippen LogP contribution in [0.25, 0.3) is 0 Å². The molecule has 9 heteroatoms. The van der Waals surface area contributed by atoms with E-state index in [2.05, 4.69) is 5.32 Å². The summed E-state index contributed by atoms with van der Waals surface area (Å²) in [7, 11) is 0. The maximum atomic E-state index is 12.5. The first-order valence-corrected chi connectivity index (χ1v) is 8.63. The summed E-state index contributed by atoms with van der Waals surface area (Å²) in [6.45, 7) is 9.76. The van der Waals surface area contributed by atoms with Crippen LogP contribution >= 0.6 is 11.8 Å². The van der Waals surface area contributed by atoms with Crippen molar-refractivity contribution in [2.45, 2.75) is 57.7 Å². The molecule has 25 heavy (non-hydrogen) atoms. The fourth-order valence-electron chi connectivity index (χ4n) is 2.58. The third kappa shape index (κ3) is 3.37. The number of carbonyl (C=O) groups is 4. The topological polar surface area (TPSA) is 113 Å². The molecule has 0 bridgehead atoms. The minimum atomic E-state index is -1.36. The molecule has 0 aromatic carbocycles. The molecule has 8 nitrogen and oxygen atoms in total. The number of ether oxygens (including phenoxy) is 1. The van der Waals surface area contributed by atoms with E-state index in [-0.39, 0.29) is 17.4 Å². The Kier molecular flexibility index (Phi) is 4.67. The van der Waals surface area contributed by atoms with E-state index in [0.29, 0.717) is 0 Å². The van der Waals surface area contributed by atoms with Crippen molar-refractivity contribution in [2.75, 3.05) is 0 Å². The lowest BCUT2D eigenvalue weighted by molar-refractivity contribution is -0.153. The number of β-lactam (4-membered cyclic amide) rings is 1. The summed E-state index contributed by atoms with van der Waals surface area (Å²) < 4.78 is 4.25. The van der Waals surface area contributed by atoms with E-state index in [1.807, 2.05) is 0 Å². The number of esters is 1. The van der Waals surface area contributed by atoms with Crippen molar-refractivity contribution in [1.29, 1.82) is 0 Å². The minimum absolute atomic E-state index is 0.0669. The van der Waals surface area contributed by atoms with E-state index >= 15 is 0 Å². The highest BCUT2D eigenvalue weighted by Gasteiger charge is 2.59. The second-order valence-electron chi connectivity index (χ2n) is 7.50. The van der Waals surface area contributed by atoms with Gasteiger partial charge in [0.25, 0.3) is 5.91 Å². The highest BCUT2D eigenvalue weighted by molar-refractivity contribution is 8.01. The maximum absolute atomic E-state index is 12.5. The van der Waals surface area contributed by atoms with Crippen molar-refractivity contribution in [3.63, 3.8) is 0 Å². The van der Waals surface area contributed by atoms with Crippen molar-refractivity contribution in [3.05, 3.63) is 11.5 Å². The van der Waals surface area contributed by atoms with E-state index in [1.54, 1.807) is 34.6 Å². The van der Waals surface area contributed by atoms with Gasteiger partial charge >= 0.3 is 11.9 Å². The van der Waals surface area contributed by atoms with E-state index < -0.39 is 39.4 Å². The number of carboxylic acid groups (broad SMARTS) is 1. The van der Waals surface area contributed by atoms with Gasteiger partial charge in [0.15, 0.2) is 11.5 Å². The highest BCUT2D eigenvalue weighted by Crippen LogP contribution is 2.50. The highest BCUT2D eigenvalue weighted by atomic mass is 32.2. The van der Waals surface area contributed by atoms with Gasteiger partial charge in [-0.1, -0.05) is 20.8 Å². The summed E-state index contributed by atoms with van der Waals surface area (Å²) in [5.74, 6) is -2.92. The number of carbonyl (C=O) groups excluding carboxylic acids is 3. The number of nitrogens with zero attached hydrogens (tertiary/aromatic N) is 1. The van der Waals surface area contributed by atoms with Crippen LogP contribution in [-0.4, -0.2) is 49.9 Å². The van der Waals surface area contributed by atoms with Crippen LogP contribution in [0, 0.1) is 5.41 Å². The number of hydrogen-bond acceptors (Lipinski definition) is 6. The van der Waals surface area contributed by atoms with E-state index in [1.165, 1.54) is 18.7 Å². The van der Waals surface area contributed by atoms with Gasteiger partial charge in [-0.25, -0.2) is 4.79 Å². The Balaban J connectivity index is 2.39. The zero-order chi connectivity index (χ0) is 19.3. The van der Waals surface area contributed by atoms with Gasteiger partial charge in [0.05, 0.1) is 4.75 Å². The standard InChI is InChI=1S/C16H22N2O6S/c1-7(19)24-10-9(13(21)22)18-11(20)8(12(18)25-16(10,5)6)17-14(23)15(2,3)4/h8,12H,1-6H3,(H,17,23)(H,21,22)/t8?,12-/m1/s1. The van der Waals surface area contributed by atoms with Gasteiger partial charge in [-0.2, -0.15) is 0 Å². The van der Waals surface area contributed by atoms with Crippen molar-refractivity contribution in [3.8, 4) is 0 Å². The van der Waals surface area contributed by atoms with Gasteiger partial charge in [-0.3, -0.25) is 19.3 Å². The molecule has 0 radical (unpaired) electrons. The second kappa shape index (κ2) is 6.05. The summed E-state index contributed by atoms with van der Waals surface area (Å²) in [6.07, 6.45) is 0. The number of aliphatic carboxylic acids is 1. The first kappa shape index (κ1) is 19.3. The van der Waals surface area contributed by atoms with Gasteiger partial charge in [0.2, 0.25) is 5.91 Å². The SMILES string of the molecule is CC(=O)OC1=C(C(=O)O)N2C(=O)C(NC(=O)C(C)(C)C)[C@H]2SC1(C)C. The average molecular weight is 370 g/mol. The maximum Gasteiger partial charge on any atom is 0.356 e. The number of nitrogens with one attached hydrogen (secondary N) is 1. The van der Waals surface area contributed by atoms with Crippen molar-refractivity contribution in [1.82, 2.24) is 10.2 Å². The monoisotopic (exact) mass is 370 g/mol. The molecule has 0 aromatic rings. The van der Waals surface area contributed by atoms with Crippen LogP contribution in [0.1, 0.15) is 41.5 Å². The van der Waals surface area contributed by atoms with E-state index in [0.717, 1.165) is 4.90 Å². The lowest BCUT2D eigenvalue weighted by Gasteiger charge is -2.53. The predicted octanol–water partition coefficient (Wildman–Crippen LogP) is 1.07. The summed E-state index contributed by atoms with van der Waals surface area (Å²) >= 11 is 1.27. The first-order valence-electron chi connectivity index (χ1n) is 7.75. The zero-order valence-electron chi connectivity index (χ0n) is 15.0. The Morgan fingerprint density at radius 1 is 1.28 bits per heavy atom. The van der Waals surface area contributed by atoms with Gasteiger partial charge < -0.3 is 15.2 Å². The minimum Gasteiger partial charge on any atom is -0.476 e. The molecule has 1 saturated heterocycles. The van der Waals surface area contributed by atoms with Crippen LogP contribution < -0.4 is 5.32 Å².